The van der Waals surface area contributed by atoms with Gasteiger partial charge in [0.2, 0.25) is 5.75 Å². The van der Waals surface area contributed by atoms with E-state index in [2.05, 4.69) is 10.1 Å². The predicted octanol–water partition coefficient (Wildman–Crippen LogP) is 4.09. The molecule has 0 atom stereocenters. The summed E-state index contributed by atoms with van der Waals surface area (Å²) in [7, 11) is 4.41. The summed E-state index contributed by atoms with van der Waals surface area (Å²) in [6.07, 6.45) is 1.98. The van der Waals surface area contributed by atoms with Crippen LogP contribution in [0.5, 0.6) is 23.0 Å². The Morgan fingerprint density at radius 2 is 1.61 bits per heavy atom. The largest absolute Gasteiger partial charge is 0.493 e. The van der Waals surface area contributed by atoms with Crippen LogP contribution < -0.4 is 24.5 Å². The average molecular weight is 488 g/mol. The van der Waals surface area contributed by atoms with E-state index in [0.29, 0.717) is 46.0 Å². The minimum atomic E-state index is -0.631. The van der Waals surface area contributed by atoms with Crippen molar-refractivity contribution in [2.75, 3.05) is 21.3 Å². The van der Waals surface area contributed by atoms with Gasteiger partial charge in [0.05, 0.1) is 44.0 Å². The zero-order valence-electron chi connectivity index (χ0n) is 20.3. The Labute approximate surface area is 207 Å². The van der Waals surface area contributed by atoms with E-state index in [4.69, 9.17) is 18.9 Å². The van der Waals surface area contributed by atoms with Crippen LogP contribution in [0.1, 0.15) is 28.7 Å². The van der Waals surface area contributed by atoms with Crippen LogP contribution >= 0.6 is 0 Å². The van der Waals surface area contributed by atoms with Crippen LogP contribution in [0.3, 0.4) is 0 Å². The minimum absolute atomic E-state index is 0.208. The normalized spacial score (nSPS) is 11.0. The number of aromatic nitrogens is 2. The van der Waals surface area contributed by atoms with Gasteiger partial charge in [-0.2, -0.15) is 9.78 Å². The first-order chi connectivity index (χ1) is 17.5. The number of carbonyl (C=O) groups is 1. The summed E-state index contributed by atoms with van der Waals surface area (Å²) in [4.78, 5) is 30.6. The highest BCUT2D eigenvalue weighted by Crippen LogP contribution is 2.38. The second-order valence-electron chi connectivity index (χ2n) is 7.60. The van der Waals surface area contributed by atoms with Crippen molar-refractivity contribution in [3.8, 4) is 23.0 Å². The molecule has 0 aliphatic rings. The van der Waals surface area contributed by atoms with Crippen molar-refractivity contribution < 1.29 is 23.7 Å². The van der Waals surface area contributed by atoms with Crippen LogP contribution in [-0.2, 0) is 6.42 Å². The molecule has 0 saturated carbocycles. The van der Waals surface area contributed by atoms with Gasteiger partial charge in [-0.05, 0) is 36.4 Å². The van der Waals surface area contributed by atoms with Crippen LogP contribution in [0.25, 0.3) is 10.9 Å². The fourth-order valence-corrected chi connectivity index (χ4v) is 3.68. The molecule has 0 unspecified atom stereocenters. The van der Waals surface area contributed by atoms with Gasteiger partial charge in [-0.15, -0.1) is 0 Å². The van der Waals surface area contributed by atoms with Crippen LogP contribution in [0.15, 0.2) is 70.6 Å². The van der Waals surface area contributed by atoms with Gasteiger partial charge in [0.15, 0.2) is 11.5 Å². The molecule has 0 radical (unpaired) electrons. The molecule has 9 heteroatoms. The number of nitrogens with zero attached hydrogens (tertiary/aromatic N) is 3. The van der Waals surface area contributed by atoms with E-state index in [1.807, 2.05) is 13.0 Å². The topological polar surface area (TPSA) is 101 Å². The van der Waals surface area contributed by atoms with Crippen molar-refractivity contribution in [3.05, 3.63) is 88.0 Å². The molecular formula is C27H25N3O6. The molecule has 0 bridgehead atoms. The molecule has 0 saturated heterocycles. The van der Waals surface area contributed by atoms with Gasteiger partial charge in [0, 0.05) is 12.0 Å². The number of carbonyl (C=O) groups excluding carboxylic acids is 1. The third-order valence-corrected chi connectivity index (χ3v) is 5.47. The summed E-state index contributed by atoms with van der Waals surface area (Å²) < 4.78 is 22.9. The maximum absolute atomic E-state index is 13.0. The molecule has 0 aliphatic heterocycles. The first-order valence-corrected chi connectivity index (χ1v) is 11.2. The monoisotopic (exact) mass is 487 g/mol. The Balaban J connectivity index is 1.68. The van der Waals surface area contributed by atoms with Gasteiger partial charge in [-0.1, -0.05) is 31.2 Å². The van der Waals surface area contributed by atoms with Crippen LogP contribution in [0.4, 0.5) is 0 Å². The van der Waals surface area contributed by atoms with Crippen LogP contribution in [0, 0.1) is 0 Å². The fraction of sp³-hybridized carbons (Fsp3) is 0.185. The Bertz CT molecular complexity index is 1480. The van der Waals surface area contributed by atoms with Gasteiger partial charge in [0.25, 0.3) is 5.56 Å². The molecule has 0 aliphatic carbocycles. The third kappa shape index (κ3) is 4.76. The van der Waals surface area contributed by atoms with E-state index in [1.54, 1.807) is 42.5 Å². The summed E-state index contributed by atoms with van der Waals surface area (Å²) in [5, 5.41) is 4.85. The maximum Gasteiger partial charge on any atom is 0.343 e. The average Bonchev–Trinajstić information content (AvgIpc) is 2.92. The van der Waals surface area contributed by atoms with Gasteiger partial charge in [0.1, 0.15) is 11.6 Å². The SMILES string of the molecule is CCc1nc2ccccc2c(=O)n1/N=C\c1ccccc1OC(=O)c1cc(OC)c(OC)c(OC)c1. The Morgan fingerprint density at radius 3 is 2.28 bits per heavy atom. The quantitative estimate of drug-likeness (QED) is 0.210. The molecule has 0 fully saturated rings. The van der Waals surface area contributed by atoms with E-state index >= 15 is 0 Å². The predicted molar refractivity (Wildman–Crippen MR) is 136 cm³/mol. The summed E-state index contributed by atoms with van der Waals surface area (Å²) in [6.45, 7) is 1.90. The first-order valence-electron chi connectivity index (χ1n) is 11.2. The van der Waals surface area contributed by atoms with Gasteiger partial charge in [-0.3, -0.25) is 4.79 Å². The van der Waals surface area contributed by atoms with Crippen LogP contribution in [-0.4, -0.2) is 43.2 Å². The third-order valence-electron chi connectivity index (χ3n) is 5.47. The lowest BCUT2D eigenvalue weighted by atomic mass is 10.1. The molecule has 0 amide bonds. The zero-order valence-corrected chi connectivity index (χ0v) is 20.3. The molecule has 9 nitrogen and oxygen atoms in total. The Morgan fingerprint density at radius 1 is 0.944 bits per heavy atom. The van der Waals surface area contributed by atoms with Gasteiger partial charge < -0.3 is 18.9 Å². The number of esters is 1. The molecule has 1 aromatic heterocycles. The first kappa shape index (κ1) is 24.5. The highest BCUT2D eigenvalue weighted by Gasteiger charge is 2.19. The lowest BCUT2D eigenvalue weighted by Gasteiger charge is -2.14. The molecule has 4 rings (SSSR count). The summed E-state index contributed by atoms with van der Waals surface area (Å²) in [5.74, 6) is 1.17. The van der Waals surface area contributed by atoms with Crippen molar-refractivity contribution in [1.29, 1.82) is 0 Å². The summed E-state index contributed by atoms with van der Waals surface area (Å²) in [6, 6.07) is 17.0. The van der Waals surface area contributed by atoms with E-state index in [9.17, 15) is 9.59 Å². The number of fused-ring (bicyclic) bond motifs is 1. The second kappa shape index (κ2) is 10.7. The van der Waals surface area contributed by atoms with E-state index < -0.39 is 5.97 Å². The molecule has 36 heavy (non-hydrogen) atoms. The number of hydrogen-bond acceptors (Lipinski definition) is 8. The molecule has 0 spiro atoms. The fourth-order valence-electron chi connectivity index (χ4n) is 3.68. The second-order valence-corrected chi connectivity index (χ2v) is 7.60. The number of benzene rings is 3. The maximum atomic E-state index is 13.0. The Kier molecular flexibility index (Phi) is 7.29. The van der Waals surface area contributed by atoms with Crippen LogP contribution in [0.2, 0.25) is 0 Å². The van der Waals surface area contributed by atoms with E-state index in [-0.39, 0.29) is 16.9 Å². The molecule has 184 valence electrons. The Hall–Kier alpha value is -4.66. The van der Waals surface area contributed by atoms with Gasteiger partial charge in [-0.25, -0.2) is 9.78 Å². The molecule has 4 aromatic rings. The van der Waals surface area contributed by atoms with E-state index in [0.717, 1.165) is 0 Å². The van der Waals surface area contributed by atoms with E-state index in [1.165, 1.54) is 44.4 Å². The van der Waals surface area contributed by atoms with Gasteiger partial charge >= 0.3 is 5.97 Å². The summed E-state index contributed by atoms with van der Waals surface area (Å²) in [5.41, 5.74) is 1.05. The molecule has 3 aromatic carbocycles. The number of rotatable bonds is 8. The number of methoxy groups -OCH3 is 3. The lowest BCUT2D eigenvalue weighted by molar-refractivity contribution is 0.0733. The van der Waals surface area contributed by atoms with Crippen molar-refractivity contribution in [2.45, 2.75) is 13.3 Å². The lowest BCUT2D eigenvalue weighted by Crippen LogP contribution is -2.22. The summed E-state index contributed by atoms with van der Waals surface area (Å²) >= 11 is 0. The number of aryl methyl sites for hydroxylation is 1. The highest BCUT2D eigenvalue weighted by atomic mass is 16.5. The van der Waals surface area contributed by atoms with Crippen molar-refractivity contribution >= 4 is 23.1 Å². The zero-order chi connectivity index (χ0) is 25.7. The number of hydrogen-bond donors (Lipinski definition) is 0. The smallest absolute Gasteiger partial charge is 0.343 e. The van der Waals surface area contributed by atoms with Crippen molar-refractivity contribution in [2.24, 2.45) is 5.10 Å². The highest BCUT2D eigenvalue weighted by molar-refractivity contribution is 5.94. The molecule has 1 heterocycles. The molecular weight excluding hydrogens is 462 g/mol. The molecule has 0 N–H and O–H groups in total. The number of ether oxygens (including phenoxy) is 4. The van der Waals surface area contributed by atoms with Crippen molar-refractivity contribution in [3.63, 3.8) is 0 Å². The standard InChI is InChI=1S/C27H25N3O6/c1-5-24-29-20-12-8-7-11-19(20)26(31)30(24)28-16-17-10-6-9-13-21(17)36-27(32)18-14-22(33-2)25(35-4)23(15-18)34-3/h6-16H,5H2,1-4H3/b28-16-. The minimum Gasteiger partial charge on any atom is -0.493 e. The number of para-hydroxylation sites is 2. The van der Waals surface area contributed by atoms with Crippen molar-refractivity contribution in [1.82, 2.24) is 9.66 Å².